The van der Waals surface area contributed by atoms with Crippen LogP contribution < -0.4 is 15.4 Å². The average molecular weight is 388 g/mol. The van der Waals surface area contributed by atoms with Gasteiger partial charge in [-0.15, -0.1) is 0 Å². The van der Waals surface area contributed by atoms with Crippen LogP contribution >= 0.6 is 0 Å². The highest BCUT2D eigenvalue weighted by Crippen LogP contribution is 2.34. The fourth-order valence-electron chi connectivity index (χ4n) is 2.39. The summed E-state index contributed by atoms with van der Waals surface area (Å²) in [5.74, 6) is -2.04. The van der Waals surface area contributed by atoms with Gasteiger partial charge in [0.2, 0.25) is 0 Å². The smallest absolute Gasteiger partial charge is 0.416 e. The van der Waals surface area contributed by atoms with Crippen LogP contribution in [0.4, 0.5) is 26.7 Å². The van der Waals surface area contributed by atoms with Crippen molar-refractivity contribution in [2.75, 3.05) is 7.11 Å². The molecule has 146 valence electrons. The number of hydrogen-bond donors (Lipinski definition) is 2. The normalized spacial score (nSPS) is 12.4. The topological polar surface area (TPSA) is 50.4 Å². The van der Waals surface area contributed by atoms with E-state index in [2.05, 4.69) is 10.6 Å². The lowest BCUT2D eigenvalue weighted by molar-refractivity contribution is -0.138. The van der Waals surface area contributed by atoms with Crippen molar-refractivity contribution in [1.29, 1.82) is 0 Å². The van der Waals surface area contributed by atoms with Crippen LogP contribution in [0, 0.1) is 11.6 Å². The molecule has 0 aliphatic carbocycles. The van der Waals surface area contributed by atoms with Crippen molar-refractivity contribution in [3.05, 3.63) is 64.7 Å². The SMILES string of the molecule is COc1ccc(CNC(=O)NC(C)c2ccc(F)c(F)c2)c(C(F)(F)F)c1. The zero-order chi connectivity index (χ0) is 20.2. The minimum Gasteiger partial charge on any atom is -0.497 e. The van der Waals surface area contributed by atoms with Crippen molar-refractivity contribution in [2.45, 2.75) is 25.7 Å². The molecule has 9 heteroatoms. The molecule has 27 heavy (non-hydrogen) atoms. The lowest BCUT2D eigenvalue weighted by atomic mass is 10.1. The molecule has 2 aromatic carbocycles. The highest BCUT2D eigenvalue weighted by molar-refractivity contribution is 5.74. The van der Waals surface area contributed by atoms with E-state index in [1.165, 1.54) is 32.2 Å². The standard InChI is InChI=1S/C18H17F5N2O2/c1-10(11-4-6-15(19)16(20)7-11)25-17(26)24-9-12-3-5-13(27-2)8-14(12)18(21,22)23/h3-8,10H,9H2,1-2H3,(H2,24,25,26). The van der Waals surface area contributed by atoms with Gasteiger partial charge in [0.25, 0.3) is 0 Å². The number of methoxy groups -OCH3 is 1. The molecular formula is C18H17F5N2O2. The minimum absolute atomic E-state index is 0.0440. The first-order valence-corrected chi connectivity index (χ1v) is 7.85. The number of benzene rings is 2. The predicted molar refractivity (Wildman–Crippen MR) is 88.1 cm³/mol. The van der Waals surface area contributed by atoms with E-state index in [0.717, 1.165) is 18.2 Å². The van der Waals surface area contributed by atoms with E-state index in [1.807, 2.05) is 0 Å². The van der Waals surface area contributed by atoms with Crippen LogP contribution in [0.2, 0.25) is 0 Å². The van der Waals surface area contributed by atoms with Gasteiger partial charge in [-0.3, -0.25) is 0 Å². The third kappa shape index (κ3) is 5.32. The maximum Gasteiger partial charge on any atom is 0.416 e. The van der Waals surface area contributed by atoms with Crippen LogP contribution in [0.3, 0.4) is 0 Å². The number of alkyl halides is 3. The second-order valence-electron chi connectivity index (χ2n) is 5.74. The van der Waals surface area contributed by atoms with Crippen molar-refractivity contribution in [3.63, 3.8) is 0 Å². The van der Waals surface area contributed by atoms with E-state index < -0.39 is 35.4 Å². The molecule has 0 saturated heterocycles. The van der Waals surface area contributed by atoms with Gasteiger partial charge in [-0.2, -0.15) is 13.2 Å². The number of carbonyl (C=O) groups excluding carboxylic acids is 1. The molecule has 2 rings (SSSR count). The largest absolute Gasteiger partial charge is 0.497 e. The van der Waals surface area contributed by atoms with Gasteiger partial charge in [0.05, 0.1) is 18.7 Å². The van der Waals surface area contributed by atoms with Crippen LogP contribution in [0.1, 0.15) is 29.7 Å². The molecule has 0 saturated carbocycles. The number of carbonyl (C=O) groups is 1. The molecule has 0 aromatic heterocycles. The first-order valence-electron chi connectivity index (χ1n) is 7.85. The Hall–Kier alpha value is -2.84. The van der Waals surface area contributed by atoms with Gasteiger partial charge < -0.3 is 15.4 Å². The van der Waals surface area contributed by atoms with Crippen molar-refractivity contribution in [3.8, 4) is 5.75 Å². The van der Waals surface area contributed by atoms with E-state index in [-0.39, 0.29) is 17.9 Å². The second-order valence-corrected chi connectivity index (χ2v) is 5.74. The van der Waals surface area contributed by atoms with Gasteiger partial charge in [-0.25, -0.2) is 13.6 Å². The molecule has 1 unspecified atom stereocenters. The summed E-state index contributed by atoms with van der Waals surface area (Å²) in [4.78, 5) is 11.9. The summed E-state index contributed by atoms with van der Waals surface area (Å²) in [6.45, 7) is 1.15. The molecule has 0 aliphatic rings. The van der Waals surface area contributed by atoms with Gasteiger partial charge in [-0.1, -0.05) is 12.1 Å². The van der Waals surface area contributed by atoms with Gasteiger partial charge in [0.15, 0.2) is 11.6 Å². The van der Waals surface area contributed by atoms with Crippen LogP contribution in [0.15, 0.2) is 36.4 Å². The highest BCUT2D eigenvalue weighted by Gasteiger charge is 2.33. The van der Waals surface area contributed by atoms with Gasteiger partial charge >= 0.3 is 12.2 Å². The fourth-order valence-corrected chi connectivity index (χ4v) is 2.39. The molecule has 0 fully saturated rings. The average Bonchev–Trinajstić information content (AvgIpc) is 2.61. The van der Waals surface area contributed by atoms with Crippen molar-refractivity contribution in [2.24, 2.45) is 0 Å². The number of rotatable bonds is 5. The van der Waals surface area contributed by atoms with Gasteiger partial charge in [0, 0.05) is 6.54 Å². The van der Waals surface area contributed by atoms with Crippen molar-refractivity contribution >= 4 is 6.03 Å². The zero-order valence-electron chi connectivity index (χ0n) is 14.5. The maximum absolute atomic E-state index is 13.2. The molecule has 0 bridgehead atoms. The van der Waals surface area contributed by atoms with Crippen LogP contribution in [-0.4, -0.2) is 13.1 Å². The summed E-state index contributed by atoms with van der Waals surface area (Å²) in [7, 11) is 1.25. The number of hydrogen-bond acceptors (Lipinski definition) is 2. The molecule has 0 aliphatic heterocycles. The van der Waals surface area contributed by atoms with Gasteiger partial charge in [-0.05, 0) is 42.3 Å². The summed E-state index contributed by atoms with van der Waals surface area (Å²) in [5, 5.41) is 4.77. The van der Waals surface area contributed by atoms with Crippen molar-refractivity contribution in [1.82, 2.24) is 10.6 Å². The summed E-state index contributed by atoms with van der Waals surface area (Å²) in [6, 6.07) is 5.13. The van der Waals surface area contributed by atoms with E-state index in [0.29, 0.717) is 5.56 Å². The van der Waals surface area contributed by atoms with Crippen molar-refractivity contribution < 1.29 is 31.5 Å². The van der Waals surface area contributed by atoms with Gasteiger partial charge in [0.1, 0.15) is 5.75 Å². The molecule has 1 atom stereocenters. The Bertz CT molecular complexity index is 824. The highest BCUT2D eigenvalue weighted by atomic mass is 19.4. The lowest BCUT2D eigenvalue weighted by Gasteiger charge is -2.17. The summed E-state index contributed by atoms with van der Waals surface area (Å²) in [5.41, 5.74) is -0.751. The van der Waals surface area contributed by atoms with E-state index in [9.17, 15) is 26.7 Å². The van der Waals surface area contributed by atoms with Crippen LogP contribution in [-0.2, 0) is 12.7 Å². The molecule has 0 radical (unpaired) electrons. The molecule has 2 aromatic rings. The van der Waals surface area contributed by atoms with E-state index in [4.69, 9.17) is 4.74 Å². The quantitative estimate of drug-likeness (QED) is 0.739. The number of urea groups is 1. The Kier molecular flexibility index (Phi) is 6.24. The number of halogens is 5. The summed E-state index contributed by atoms with van der Waals surface area (Å²) < 4.78 is 70.4. The molecule has 0 heterocycles. The first-order chi connectivity index (χ1) is 12.6. The lowest BCUT2D eigenvalue weighted by Crippen LogP contribution is -2.37. The molecular weight excluding hydrogens is 371 g/mol. The monoisotopic (exact) mass is 388 g/mol. The molecule has 4 nitrogen and oxygen atoms in total. The minimum atomic E-state index is -4.61. The molecule has 2 N–H and O–H groups in total. The Morgan fingerprint density at radius 3 is 2.41 bits per heavy atom. The number of ether oxygens (including phenoxy) is 1. The number of amides is 2. The van der Waals surface area contributed by atoms with E-state index >= 15 is 0 Å². The predicted octanol–water partition coefficient (Wildman–Crippen LogP) is 4.55. The summed E-state index contributed by atoms with van der Waals surface area (Å²) in [6.07, 6.45) is -4.61. The zero-order valence-corrected chi connectivity index (χ0v) is 14.5. The van der Waals surface area contributed by atoms with E-state index in [1.54, 1.807) is 0 Å². The van der Waals surface area contributed by atoms with Crippen LogP contribution in [0.25, 0.3) is 0 Å². The first kappa shape index (κ1) is 20.5. The Labute approximate surface area is 152 Å². The second kappa shape index (κ2) is 8.24. The molecule has 2 amide bonds. The third-order valence-corrected chi connectivity index (χ3v) is 3.85. The maximum atomic E-state index is 13.2. The number of nitrogens with one attached hydrogen (secondary N) is 2. The Morgan fingerprint density at radius 1 is 1.11 bits per heavy atom. The van der Waals surface area contributed by atoms with Crippen LogP contribution in [0.5, 0.6) is 5.75 Å². The fraction of sp³-hybridized carbons (Fsp3) is 0.278. The molecule has 0 spiro atoms. The Morgan fingerprint density at radius 2 is 1.81 bits per heavy atom. The summed E-state index contributed by atoms with van der Waals surface area (Å²) >= 11 is 0. The third-order valence-electron chi connectivity index (χ3n) is 3.85. The Balaban J connectivity index is 2.04.